The Balaban J connectivity index is 1.71. The van der Waals surface area contributed by atoms with E-state index in [4.69, 9.17) is 42.3 Å². The Bertz CT molecular complexity index is 703. The second kappa shape index (κ2) is 24.2. The van der Waals surface area contributed by atoms with Crippen molar-refractivity contribution in [1.82, 2.24) is 0 Å². The van der Waals surface area contributed by atoms with E-state index in [1.54, 1.807) is 24.3 Å². The Kier molecular flexibility index (Phi) is 22.0. The average molecular weight is 576 g/mol. The van der Waals surface area contributed by atoms with Gasteiger partial charge in [-0.2, -0.15) is 0 Å². The Morgan fingerprint density at radius 1 is 0.564 bits per heavy atom. The molecule has 0 saturated carbocycles. The van der Waals surface area contributed by atoms with Gasteiger partial charge in [-0.15, -0.1) is 0 Å². The molecule has 12 heteroatoms. The van der Waals surface area contributed by atoms with Gasteiger partial charge in [-0.05, 0) is 43.9 Å². The summed E-state index contributed by atoms with van der Waals surface area (Å²) < 4.78 is 49.6. The van der Waals surface area contributed by atoms with Gasteiger partial charge in [0.05, 0.1) is 99.1 Å². The SMILES string of the molecule is CC(=O)Nc1ccc(OCCOCCOCCOCCOCCOCCOCCOCCO[Si](C)(C)C)cc1. The lowest BCUT2D eigenvalue weighted by molar-refractivity contribution is -0.114. The molecule has 0 atom stereocenters. The number of rotatable bonds is 27. The van der Waals surface area contributed by atoms with Gasteiger partial charge in [0.15, 0.2) is 8.32 Å². The summed E-state index contributed by atoms with van der Waals surface area (Å²) in [6.45, 7) is 16.3. The number of carbonyl (C=O) groups is 1. The van der Waals surface area contributed by atoms with Gasteiger partial charge >= 0.3 is 0 Å². The van der Waals surface area contributed by atoms with Crippen molar-refractivity contribution < 1.29 is 47.1 Å². The Labute approximate surface area is 234 Å². The largest absolute Gasteiger partial charge is 0.491 e. The van der Waals surface area contributed by atoms with Gasteiger partial charge in [0, 0.05) is 12.6 Å². The number of carbonyl (C=O) groups excluding carboxylic acids is 1. The molecule has 1 N–H and O–H groups in total. The zero-order valence-electron chi connectivity index (χ0n) is 24.2. The molecule has 1 rings (SSSR count). The van der Waals surface area contributed by atoms with Crippen LogP contribution >= 0.6 is 0 Å². The highest BCUT2D eigenvalue weighted by Crippen LogP contribution is 2.15. The Morgan fingerprint density at radius 3 is 1.23 bits per heavy atom. The van der Waals surface area contributed by atoms with E-state index in [2.05, 4.69) is 25.0 Å². The van der Waals surface area contributed by atoms with Crippen molar-refractivity contribution in [2.75, 3.05) is 111 Å². The summed E-state index contributed by atoms with van der Waals surface area (Å²) in [6.07, 6.45) is 0. The smallest absolute Gasteiger partial charge is 0.221 e. The van der Waals surface area contributed by atoms with Crippen LogP contribution in [0.3, 0.4) is 0 Å². The quantitative estimate of drug-likeness (QED) is 0.124. The minimum absolute atomic E-state index is 0.104. The third-order valence-electron chi connectivity index (χ3n) is 4.67. The second-order valence-corrected chi connectivity index (χ2v) is 13.8. The van der Waals surface area contributed by atoms with Crippen LogP contribution in [0.1, 0.15) is 6.92 Å². The van der Waals surface area contributed by atoms with E-state index in [9.17, 15) is 4.79 Å². The molecule has 0 saturated heterocycles. The number of benzene rings is 1. The maximum Gasteiger partial charge on any atom is 0.221 e. The highest BCUT2D eigenvalue weighted by molar-refractivity contribution is 6.69. The van der Waals surface area contributed by atoms with Gasteiger partial charge in [-0.3, -0.25) is 4.79 Å². The number of anilines is 1. The van der Waals surface area contributed by atoms with Crippen molar-refractivity contribution >= 4 is 19.9 Å². The van der Waals surface area contributed by atoms with Gasteiger partial charge in [-0.25, -0.2) is 0 Å². The second-order valence-electron chi connectivity index (χ2n) is 9.30. The summed E-state index contributed by atoms with van der Waals surface area (Å²) in [7, 11) is -1.45. The van der Waals surface area contributed by atoms with E-state index in [-0.39, 0.29) is 5.91 Å². The molecule has 0 radical (unpaired) electrons. The lowest BCUT2D eigenvalue weighted by Crippen LogP contribution is -2.27. The minimum Gasteiger partial charge on any atom is -0.491 e. The van der Waals surface area contributed by atoms with Gasteiger partial charge < -0.3 is 47.6 Å². The summed E-state index contributed by atoms with van der Waals surface area (Å²) in [5.41, 5.74) is 0.736. The van der Waals surface area contributed by atoms with Crippen molar-refractivity contribution in [2.24, 2.45) is 0 Å². The molecular formula is C27H49NO10Si. The zero-order chi connectivity index (χ0) is 28.4. The number of ether oxygens (including phenoxy) is 8. The molecule has 0 aliphatic heterocycles. The van der Waals surface area contributed by atoms with E-state index < -0.39 is 8.32 Å². The van der Waals surface area contributed by atoms with E-state index in [1.807, 2.05) is 0 Å². The molecule has 1 aromatic carbocycles. The van der Waals surface area contributed by atoms with Gasteiger partial charge in [0.25, 0.3) is 0 Å². The highest BCUT2D eigenvalue weighted by atomic mass is 28.4. The molecule has 1 amide bonds. The molecule has 11 nitrogen and oxygen atoms in total. The van der Waals surface area contributed by atoms with Crippen LogP contribution in [0.15, 0.2) is 24.3 Å². The molecule has 0 fully saturated rings. The highest BCUT2D eigenvalue weighted by Gasteiger charge is 2.13. The Morgan fingerprint density at radius 2 is 0.897 bits per heavy atom. The molecule has 0 aliphatic carbocycles. The van der Waals surface area contributed by atoms with Crippen LogP contribution in [-0.4, -0.2) is 120 Å². The first-order valence-electron chi connectivity index (χ1n) is 13.6. The van der Waals surface area contributed by atoms with Crippen molar-refractivity contribution in [2.45, 2.75) is 26.6 Å². The molecular weight excluding hydrogens is 526 g/mol. The van der Waals surface area contributed by atoms with Crippen LogP contribution in [0.4, 0.5) is 5.69 Å². The fraction of sp³-hybridized carbons (Fsp3) is 0.741. The molecule has 0 unspecified atom stereocenters. The standard InChI is InChI=1S/C27H49NO10Si/c1-25(29)28-26-5-7-27(8-6-26)37-23-21-35-19-17-33-15-13-31-11-9-30-10-12-32-14-16-34-18-20-36-22-24-38-39(2,3)4/h5-8H,9-24H2,1-4H3,(H,28,29). The normalized spacial score (nSPS) is 11.6. The minimum atomic E-state index is -1.45. The van der Waals surface area contributed by atoms with Crippen molar-refractivity contribution in [1.29, 1.82) is 0 Å². The third kappa shape index (κ3) is 25.1. The zero-order valence-corrected chi connectivity index (χ0v) is 25.2. The lowest BCUT2D eigenvalue weighted by atomic mass is 10.3. The van der Waals surface area contributed by atoms with Gasteiger partial charge in [0.1, 0.15) is 12.4 Å². The summed E-state index contributed by atoms with van der Waals surface area (Å²) in [5, 5.41) is 2.71. The van der Waals surface area contributed by atoms with Crippen LogP contribution in [0, 0.1) is 0 Å². The molecule has 0 bridgehead atoms. The molecule has 0 heterocycles. The Hall–Kier alpha value is -1.61. The van der Waals surface area contributed by atoms with Crippen LogP contribution in [-0.2, 0) is 42.4 Å². The fourth-order valence-corrected chi connectivity index (χ4v) is 3.58. The molecule has 0 aromatic heterocycles. The maximum absolute atomic E-state index is 11.0. The fourth-order valence-electron chi connectivity index (χ4n) is 2.88. The molecule has 0 spiro atoms. The lowest BCUT2D eigenvalue weighted by Gasteiger charge is -2.16. The van der Waals surface area contributed by atoms with Crippen LogP contribution in [0.2, 0.25) is 19.6 Å². The molecule has 226 valence electrons. The van der Waals surface area contributed by atoms with Crippen molar-refractivity contribution in [3.05, 3.63) is 24.3 Å². The summed E-state index contributed by atoms with van der Waals surface area (Å²) in [4.78, 5) is 11.0. The molecule has 1 aromatic rings. The number of hydrogen-bond donors (Lipinski definition) is 1. The first-order chi connectivity index (χ1) is 18.9. The van der Waals surface area contributed by atoms with E-state index in [1.165, 1.54) is 6.92 Å². The predicted octanol–water partition coefficient (Wildman–Crippen LogP) is 2.99. The van der Waals surface area contributed by atoms with Crippen LogP contribution in [0.5, 0.6) is 5.75 Å². The topological polar surface area (TPSA) is 112 Å². The van der Waals surface area contributed by atoms with Gasteiger partial charge in [-0.1, -0.05) is 0 Å². The van der Waals surface area contributed by atoms with E-state index in [0.29, 0.717) is 106 Å². The van der Waals surface area contributed by atoms with E-state index in [0.717, 1.165) is 11.4 Å². The number of hydrogen-bond acceptors (Lipinski definition) is 10. The molecule has 39 heavy (non-hydrogen) atoms. The van der Waals surface area contributed by atoms with Crippen molar-refractivity contribution in [3.8, 4) is 5.75 Å². The number of nitrogens with one attached hydrogen (secondary N) is 1. The first-order valence-corrected chi connectivity index (χ1v) is 17.0. The van der Waals surface area contributed by atoms with Crippen LogP contribution < -0.4 is 10.1 Å². The summed E-state index contributed by atoms with van der Waals surface area (Å²) in [5.74, 6) is 0.617. The van der Waals surface area contributed by atoms with Crippen molar-refractivity contribution in [3.63, 3.8) is 0 Å². The van der Waals surface area contributed by atoms with Gasteiger partial charge in [0.2, 0.25) is 5.91 Å². The summed E-state index contributed by atoms with van der Waals surface area (Å²) >= 11 is 0. The number of amides is 1. The summed E-state index contributed by atoms with van der Waals surface area (Å²) in [6, 6.07) is 7.19. The monoisotopic (exact) mass is 575 g/mol. The third-order valence-corrected chi connectivity index (χ3v) is 5.74. The first kappa shape index (κ1) is 35.4. The molecule has 0 aliphatic rings. The average Bonchev–Trinajstić information content (AvgIpc) is 2.88. The van der Waals surface area contributed by atoms with E-state index >= 15 is 0 Å². The maximum atomic E-state index is 11.0. The van der Waals surface area contributed by atoms with Crippen LogP contribution in [0.25, 0.3) is 0 Å². The predicted molar refractivity (Wildman–Crippen MR) is 151 cm³/mol.